The third kappa shape index (κ3) is 1.59. The summed E-state index contributed by atoms with van der Waals surface area (Å²) in [5.41, 5.74) is 6.33. The van der Waals surface area contributed by atoms with Gasteiger partial charge in [0.15, 0.2) is 0 Å². The van der Waals surface area contributed by atoms with Gasteiger partial charge < -0.3 is 10.8 Å². The van der Waals surface area contributed by atoms with Crippen molar-refractivity contribution in [3.05, 3.63) is 42.5 Å². The van der Waals surface area contributed by atoms with Crippen molar-refractivity contribution in [3.63, 3.8) is 0 Å². The molecular formula is C9H11NO. The number of hydrogen-bond acceptors (Lipinski definition) is 2. The van der Waals surface area contributed by atoms with E-state index in [1.807, 2.05) is 6.07 Å². The van der Waals surface area contributed by atoms with E-state index in [4.69, 9.17) is 5.73 Å². The van der Waals surface area contributed by atoms with E-state index in [-0.39, 0.29) is 11.8 Å². The Kier molecular flexibility index (Phi) is 2.28. The summed E-state index contributed by atoms with van der Waals surface area (Å²) in [7, 11) is 0. The van der Waals surface area contributed by atoms with Crippen molar-refractivity contribution < 1.29 is 5.11 Å². The van der Waals surface area contributed by atoms with Crippen LogP contribution in [0.4, 0.5) is 0 Å². The Hall–Kier alpha value is -1.28. The number of aromatic hydroxyl groups is 1. The first-order valence-corrected chi connectivity index (χ1v) is 3.41. The van der Waals surface area contributed by atoms with Crippen LogP contribution in [0, 0.1) is 0 Å². The number of para-hydroxylation sites is 1. The van der Waals surface area contributed by atoms with E-state index in [0.29, 0.717) is 5.56 Å². The lowest BCUT2D eigenvalue weighted by molar-refractivity contribution is 0.466. The summed E-state index contributed by atoms with van der Waals surface area (Å²) in [6, 6.07) is 6.70. The number of nitrogens with two attached hydrogens (primary N) is 1. The van der Waals surface area contributed by atoms with Gasteiger partial charge in [-0.3, -0.25) is 0 Å². The quantitative estimate of drug-likeness (QED) is 0.627. The van der Waals surface area contributed by atoms with E-state index >= 15 is 0 Å². The standard InChI is InChI=1S/C9H11NO/c1-2-8(10)7-5-3-4-6-9(7)11/h2-6,8,11H,1,10H2. The zero-order chi connectivity index (χ0) is 8.27. The molecule has 0 aromatic heterocycles. The van der Waals surface area contributed by atoms with Gasteiger partial charge in [-0.1, -0.05) is 24.3 Å². The van der Waals surface area contributed by atoms with Gasteiger partial charge in [0.05, 0.1) is 6.04 Å². The average Bonchev–Trinajstić information content (AvgIpc) is 2.04. The molecule has 1 aromatic carbocycles. The van der Waals surface area contributed by atoms with Crippen molar-refractivity contribution in [3.8, 4) is 5.75 Å². The minimum Gasteiger partial charge on any atom is -0.508 e. The summed E-state index contributed by atoms with van der Waals surface area (Å²) in [6.45, 7) is 3.54. The van der Waals surface area contributed by atoms with Crippen LogP contribution in [0.2, 0.25) is 0 Å². The molecule has 58 valence electrons. The Bertz CT molecular complexity index is 257. The molecule has 11 heavy (non-hydrogen) atoms. The van der Waals surface area contributed by atoms with E-state index < -0.39 is 0 Å². The lowest BCUT2D eigenvalue weighted by Gasteiger charge is -2.07. The molecular weight excluding hydrogens is 138 g/mol. The Morgan fingerprint density at radius 3 is 2.64 bits per heavy atom. The molecule has 0 saturated carbocycles. The van der Waals surface area contributed by atoms with E-state index in [1.54, 1.807) is 24.3 Å². The number of benzene rings is 1. The predicted octanol–water partition coefficient (Wildman–Crippen LogP) is 1.58. The van der Waals surface area contributed by atoms with Crippen LogP contribution in [0.3, 0.4) is 0 Å². The Morgan fingerprint density at radius 1 is 1.45 bits per heavy atom. The summed E-state index contributed by atoms with van der Waals surface area (Å²) < 4.78 is 0. The normalized spacial score (nSPS) is 12.5. The van der Waals surface area contributed by atoms with Crippen LogP contribution in [0.5, 0.6) is 5.75 Å². The molecule has 3 N–H and O–H groups in total. The van der Waals surface area contributed by atoms with Gasteiger partial charge in [-0.05, 0) is 6.07 Å². The molecule has 0 bridgehead atoms. The highest BCUT2D eigenvalue weighted by Crippen LogP contribution is 2.21. The molecule has 0 heterocycles. The number of rotatable bonds is 2. The molecule has 0 fully saturated rings. The zero-order valence-electron chi connectivity index (χ0n) is 6.20. The topological polar surface area (TPSA) is 46.2 Å². The highest BCUT2D eigenvalue weighted by atomic mass is 16.3. The molecule has 2 nitrogen and oxygen atoms in total. The first-order chi connectivity index (χ1) is 5.25. The van der Waals surface area contributed by atoms with Crippen molar-refractivity contribution in [1.29, 1.82) is 0 Å². The average molecular weight is 149 g/mol. The Labute approximate surface area is 66.0 Å². The molecule has 0 spiro atoms. The van der Waals surface area contributed by atoms with Crippen LogP contribution < -0.4 is 5.73 Å². The molecule has 0 radical (unpaired) electrons. The fourth-order valence-electron chi connectivity index (χ4n) is 0.896. The van der Waals surface area contributed by atoms with Gasteiger partial charge in [0.2, 0.25) is 0 Å². The van der Waals surface area contributed by atoms with E-state index in [1.165, 1.54) is 0 Å². The molecule has 0 saturated heterocycles. The summed E-state index contributed by atoms with van der Waals surface area (Å²) in [6.07, 6.45) is 1.59. The van der Waals surface area contributed by atoms with Gasteiger partial charge in [0.1, 0.15) is 5.75 Å². The molecule has 0 aliphatic heterocycles. The van der Waals surface area contributed by atoms with E-state index in [2.05, 4.69) is 6.58 Å². The molecule has 1 rings (SSSR count). The third-order valence-electron chi connectivity index (χ3n) is 1.55. The molecule has 1 unspecified atom stereocenters. The fraction of sp³-hybridized carbons (Fsp3) is 0.111. The van der Waals surface area contributed by atoms with Crippen molar-refractivity contribution >= 4 is 0 Å². The second-order valence-electron chi connectivity index (χ2n) is 2.32. The third-order valence-corrected chi connectivity index (χ3v) is 1.55. The van der Waals surface area contributed by atoms with Crippen molar-refractivity contribution in [2.45, 2.75) is 6.04 Å². The first-order valence-electron chi connectivity index (χ1n) is 3.41. The van der Waals surface area contributed by atoms with Gasteiger partial charge in [-0.2, -0.15) is 0 Å². The summed E-state index contributed by atoms with van der Waals surface area (Å²) in [5, 5.41) is 9.28. The van der Waals surface area contributed by atoms with Crippen LogP contribution in [0.1, 0.15) is 11.6 Å². The highest BCUT2D eigenvalue weighted by Gasteiger charge is 2.04. The maximum absolute atomic E-state index is 9.28. The van der Waals surface area contributed by atoms with E-state index in [0.717, 1.165) is 0 Å². The van der Waals surface area contributed by atoms with Gasteiger partial charge in [0, 0.05) is 5.56 Å². The van der Waals surface area contributed by atoms with Crippen molar-refractivity contribution in [2.24, 2.45) is 5.73 Å². The fourth-order valence-corrected chi connectivity index (χ4v) is 0.896. The van der Waals surface area contributed by atoms with E-state index in [9.17, 15) is 5.11 Å². The SMILES string of the molecule is C=CC(N)c1ccccc1O. The number of phenolic OH excluding ortho intramolecular Hbond substituents is 1. The van der Waals surface area contributed by atoms with Crippen molar-refractivity contribution in [1.82, 2.24) is 0 Å². The van der Waals surface area contributed by atoms with Gasteiger partial charge in [-0.25, -0.2) is 0 Å². The minimum absolute atomic E-state index is 0.222. The van der Waals surface area contributed by atoms with Gasteiger partial charge >= 0.3 is 0 Å². The lowest BCUT2D eigenvalue weighted by atomic mass is 10.1. The van der Waals surface area contributed by atoms with Crippen LogP contribution in [0.25, 0.3) is 0 Å². The Balaban J connectivity index is 3.02. The Morgan fingerprint density at radius 2 is 2.09 bits per heavy atom. The van der Waals surface area contributed by atoms with Crippen molar-refractivity contribution in [2.75, 3.05) is 0 Å². The monoisotopic (exact) mass is 149 g/mol. The number of hydrogen-bond donors (Lipinski definition) is 2. The molecule has 2 heteroatoms. The maximum atomic E-state index is 9.28. The zero-order valence-corrected chi connectivity index (χ0v) is 6.20. The lowest BCUT2D eigenvalue weighted by Crippen LogP contribution is -2.06. The van der Waals surface area contributed by atoms with Crippen LogP contribution in [-0.4, -0.2) is 5.11 Å². The van der Waals surface area contributed by atoms with Crippen LogP contribution in [-0.2, 0) is 0 Å². The van der Waals surface area contributed by atoms with Gasteiger partial charge in [0.25, 0.3) is 0 Å². The second kappa shape index (κ2) is 3.21. The maximum Gasteiger partial charge on any atom is 0.120 e. The molecule has 1 aromatic rings. The summed E-state index contributed by atoms with van der Waals surface area (Å²) in [4.78, 5) is 0. The predicted molar refractivity (Wildman–Crippen MR) is 45.2 cm³/mol. The largest absolute Gasteiger partial charge is 0.508 e. The minimum atomic E-state index is -0.281. The molecule has 0 aliphatic carbocycles. The molecule has 1 atom stereocenters. The summed E-state index contributed by atoms with van der Waals surface area (Å²) >= 11 is 0. The highest BCUT2D eigenvalue weighted by molar-refractivity contribution is 5.35. The second-order valence-corrected chi connectivity index (χ2v) is 2.32. The molecule has 0 aliphatic rings. The van der Waals surface area contributed by atoms with Gasteiger partial charge in [-0.15, -0.1) is 6.58 Å². The van der Waals surface area contributed by atoms with Crippen LogP contribution in [0.15, 0.2) is 36.9 Å². The first kappa shape index (κ1) is 7.82. The summed E-state index contributed by atoms with van der Waals surface area (Å²) in [5.74, 6) is 0.222. The molecule has 0 amide bonds. The smallest absolute Gasteiger partial charge is 0.120 e. The number of phenols is 1. The van der Waals surface area contributed by atoms with Crippen LogP contribution >= 0.6 is 0 Å².